The third kappa shape index (κ3) is 10.5. The molecule has 2 aliphatic carbocycles. The van der Waals surface area contributed by atoms with Crippen molar-refractivity contribution in [1.29, 1.82) is 0 Å². The molecule has 4 aliphatic rings. The fourth-order valence-electron chi connectivity index (χ4n) is 17.5. The molecule has 4 heteroatoms. The Hall–Kier alpha value is -9.90. The van der Waals surface area contributed by atoms with Gasteiger partial charge in [0, 0.05) is 50.6 Å². The second-order valence-electron chi connectivity index (χ2n) is 34.3. The van der Waals surface area contributed by atoms with Crippen LogP contribution in [0.2, 0.25) is 0 Å². The van der Waals surface area contributed by atoms with Crippen LogP contribution >= 0.6 is 0 Å². The average Bonchev–Trinajstić information content (AvgIpc) is 0.735. The Balaban J connectivity index is 0.916. The molecule has 2 aliphatic heterocycles. The van der Waals surface area contributed by atoms with Crippen LogP contribution in [0.25, 0.3) is 83.1 Å². The molecule has 0 N–H and O–H groups in total. The molecule has 0 fully saturated rings. The number of benzene rings is 12. The molecule has 0 atom stereocenters. The summed E-state index contributed by atoms with van der Waals surface area (Å²) in [6, 6.07) is 99.0. The zero-order valence-electron chi connectivity index (χ0n) is 61.0. The quantitative estimate of drug-likeness (QED) is 0.141. The van der Waals surface area contributed by atoms with Crippen LogP contribution in [0, 0.1) is 0 Å². The van der Waals surface area contributed by atoms with Crippen LogP contribution in [0.4, 0.5) is 34.1 Å². The molecule has 0 bridgehead atoms. The molecule has 494 valence electrons. The summed E-state index contributed by atoms with van der Waals surface area (Å²) in [5, 5.41) is 2.47. The molecule has 0 saturated carbocycles. The van der Waals surface area contributed by atoms with Crippen molar-refractivity contribution < 1.29 is 0 Å². The van der Waals surface area contributed by atoms with E-state index in [2.05, 4.69) is 366 Å². The van der Waals surface area contributed by atoms with Gasteiger partial charge in [0.15, 0.2) is 0 Å². The lowest BCUT2D eigenvalue weighted by Crippen LogP contribution is -2.61. The summed E-state index contributed by atoms with van der Waals surface area (Å²) < 4.78 is 2.51. The molecular weight excluding hydrogens is 1210 g/mol. The zero-order valence-corrected chi connectivity index (χ0v) is 61.0. The van der Waals surface area contributed by atoms with Crippen molar-refractivity contribution in [3.63, 3.8) is 0 Å². The summed E-state index contributed by atoms with van der Waals surface area (Å²) in [6.07, 6.45) is 4.73. The predicted molar refractivity (Wildman–Crippen MR) is 430 cm³/mol. The second kappa shape index (κ2) is 22.8. The van der Waals surface area contributed by atoms with Crippen molar-refractivity contribution in [2.24, 2.45) is 0 Å². The van der Waals surface area contributed by atoms with E-state index in [-0.39, 0.29) is 39.2 Å². The van der Waals surface area contributed by atoms with Crippen LogP contribution in [0.3, 0.4) is 0 Å². The van der Waals surface area contributed by atoms with Crippen molar-refractivity contribution >= 4 is 79.0 Å². The lowest BCUT2D eigenvalue weighted by atomic mass is 9.33. The number of hydrogen-bond donors (Lipinski definition) is 0. The summed E-state index contributed by atoms with van der Waals surface area (Å²) in [7, 11) is 0. The predicted octanol–water partition coefficient (Wildman–Crippen LogP) is 24.5. The van der Waals surface area contributed by atoms with E-state index >= 15 is 0 Å². The Labute approximate surface area is 594 Å². The minimum absolute atomic E-state index is 0.0535. The van der Waals surface area contributed by atoms with Gasteiger partial charge in [-0.05, 0) is 236 Å². The van der Waals surface area contributed by atoms with Crippen LogP contribution in [-0.4, -0.2) is 11.3 Å². The second-order valence-corrected chi connectivity index (χ2v) is 34.3. The highest BCUT2D eigenvalue weighted by molar-refractivity contribution is 7.00. The van der Waals surface area contributed by atoms with E-state index in [0.29, 0.717) is 0 Å². The van der Waals surface area contributed by atoms with Gasteiger partial charge in [0.25, 0.3) is 6.71 Å². The molecule has 12 aromatic carbocycles. The van der Waals surface area contributed by atoms with Gasteiger partial charge >= 0.3 is 0 Å². The van der Waals surface area contributed by atoms with Crippen molar-refractivity contribution in [3.05, 3.63) is 288 Å². The van der Waals surface area contributed by atoms with Gasteiger partial charge in [0.1, 0.15) is 0 Å². The van der Waals surface area contributed by atoms with E-state index in [1.165, 1.54) is 176 Å². The summed E-state index contributed by atoms with van der Waals surface area (Å²) in [5.74, 6) is 0. The van der Waals surface area contributed by atoms with Gasteiger partial charge in [0.05, 0.1) is 11.0 Å². The number of hydrogen-bond acceptors (Lipinski definition) is 2. The van der Waals surface area contributed by atoms with Crippen LogP contribution < -0.4 is 26.2 Å². The number of anilines is 6. The number of nitrogens with zero attached hydrogens (tertiary/aromatic N) is 3. The van der Waals surface area contributed by atoms with Crippen LogP contribution in [0.15, 0.2) is 255 Å². The normalized spacial score (nSPS) is 16.2. The molecule has 0 spiro atoms. The molecule has 13 aromatic rings. The van der Waals surface area contributed by atoms with E-state index < -0.39 is 0 Å². The average molecular weight is 1300 g/mol. The Morgan fingerprint density at radius 2 is 0.650 bits per heavy atom. The van der Waals surface area contributed by atoms with E-state index in [0.717, 1.165) is 17.1 Å². The van der Waals surface area contributed by atoms with E-state index in [1.807, 2.05) is 0 Å². The number of para-hydroxylation sites is 1. The minimum Gasteiger partial charge on any atom is -0.311 e. The maximum atomic E-state index is 2.63. The monoisotopic (exact) mass is 1300 g/mol. The Bertz CT molecular complexity index is 5400. The SMILES string of the molecule is CC(C)(C)c1cc(-c2ccc3c(c2)N(c2ccc(-c4ccc5c(c4)C(C)(C)CCC5(C)C)cc2)c2cc(-c4ccccc4)cc4c2B3c2ccc(-n3c5ccccc5c5cc(-c6ccccc6)ccc53)cc2N4c2ccc(-c3ccc4c(c3)C(C)(C)CCC4(C)C)cc2)cc(C(C)(C)C)c1. The maximum Gasteiger partial charge on any atom is 0.252 e. The first-order chi connectivity index (χ1) is 47.8. The molecule has 3 heterocycles. The van der Waals surface area contributed by atoms with Gasteiger partial charge in [-0.2, -0.15) is 0 Å². The molecule has 0 unspecified atom stereocenters. The molecule has 0 radical (unpaired) electrons. The van der Waals surface area contributed by atoms with Crippen molar-refractivity contribution in [3.8, 4) is 61.3 Å². The van der Waals surface area contributed by atoms with Crippen molar-refractivity contribution in [1.82, 2.24) is 4.57 Å². The van der Waals surface area contributed by atoms with E-state index in [9.17, 15) is 0 Å². The highest BCUT2D eigenvalue weighted by atomic mass is 15.2. The van der Waals surface area contributed by atoms with Crippen LogP contribution in [0.5, 0.6) is 0 Å². The van der Waals surface area contributed by atoms with Gasteiger partial charge < -0.3 is 14.4 Å². The topological polar surface area (TPSA) is 11.4 Å². The Kier molecular flexibility index (Phi) is 14.5. The first-order valence-electron chi connectivity index (χ1n) is 36.7. The molecule has 0 amide bonds. The van der Waals surface area contributed by atoms with Gasteiger partial charge in [-0.15, -0.1) is 0 Å². The van der Waals surface area contributed by atoms with Crippen LogP contribution in [0.1, 0.15) is 156 Å². The molecule has 100 heavy (non-hydrogen) atoms. The molecule has 17 rings (SSSR count). The van der Waals surface area contributed by atoms with E-state index in [1.54, 1.807) is 0 Å². The van der Waals surface area contributed by atoms with Gasteiger partial charge in [-0.3, -0.25) is 0 Å². The lowest BCUT2D eigenvalue weighted by Gasteiger charge is -2.45. The molecule has 3 nitrogen and oxygen atoms in total. The first-order valence-corrected chi connectivity index (χ1v) is 36.7. The standard InChI is InChI=1S/C96H92BN3/c1-91(2,3)71-51-69(52-72(59-71)92(4,5)6)68-35-44-82-86(56-68)98(73-37-29-63(30-38-73)66-33-42-78-80(54-66)95(11,12)49-47-93(78,7)8)88-57-70(62-25-19-16-20-26-62)58-89-90(88)97(82)83-45-41-75(100-84-28-22-21-27-76(84)77-53-65(36-46-85(77)100)61-23-17-15-18-24-61)60-87(83)99(89)74-39-31-64(32-40-74)67-34-43-79-81(55-67)96(13,14)50-48-94(79,9)10/h15-46,51-60H,47-50H2,1-14H3. The third-order valence-electron chi connectivity index (χ3n) is 23.8. The van der Waals surface area contributed by atoms with Gasteiger partial charge in [0.2, 0.25) is 0 Å². The highest BCUT2D eigenvalue weighted by Crippen LogP contribution is 2.52. The highest BCUT2D eigenvalue weighted by Gasteiger charge is 2.45. The fourth-order valence-corrected chi connectivity index (χ4v) is 17.5. The first kappa shape index (κ1) is 63.5. The number of aromatic nitrogens is 1. The van der Waals surface area contributed by atoms with Crippen molar-refractivity contribution in [2.45, 2.75) is 155 Å². The maximum absolute atomic E-state index is 2.63. The Morgan fingerprint density at radius 3 is 1.17 bits per heavy atom. The number of fused-ring (bicyclic) bond motifs is 9. The summed E-state index contributed by atoms with van der Waals surface area (Å²) in [5.41, 5.74) is 35.5. The fraction of sp³-hybridized carbons (Fsp3) is 0.250. The molecular formula is C96H92BN3. The lowest BCUT2D eigenvalue weighted by molar-refractivity contribution is 0.332. The smallest absolute Gasteiger partial charge is 0.252 e. The van der Waals surface area contributed by atoms with Gasteiger partial charge in [-0.1, -0.05) is 279 Å². The largest absolute Gasteiger partial charge is 0.311 e. The third-order valence-corrected chi connectivity index (χ3v) is 23.8. The van der Waals surface area contributed by atoms with Crippen LogP contribution in [-0.2, 0) is 32.5 Å². The number of rotatable bonds is 8. The zero-order chi connectivity index (χ0) is 69.2. The minimum atomic E-state index is -0.127. The summed E-state index contributed by atoms with van der Waals surface area (Å²) in [6.45, 7) is 33.4. The summed E-state index contributed by atoms with van der Waals surface area (Å²) >= 11 is 0. The van der Waals surface area contributed by atoms with Gasteiger partial charge in [-0.25, -0.2) is 0 Å². The summed E-state index contributed by atoms with van der Waals surface area (Å²) in [4.78, 5) is 5.25. The van der Waals surface area contributed by atoms with Crippen molar-refractivity contribution in [2.75, 3.05) is 9.80 Å². The van der Waals surface area contributed by atoms with E-state index in [4.69, 9.17) is 0 Å². The molecule has 1 aromatic heterocycles. The molecule has 0 saturated heterocycles. The Morgan fingerprint density at radius 1 is 0.280 bits per heavy atom.